The summed E-state index contributed by atoms with van der Waals surface area (Å²) in [5, 5.41) is 11.6. The second-order valence-corrected chi connectivity index (χ2v) is 4.66. The highest BCUT2D eigenvalue weighted by molar-refractivity contribution is 6.39. The van der Waals surface area contributed by atoms with Crippen molar-refractivity contribution in [2.45, 2.75) is 6.92 Å². The Bertz CT molecular complexity index is 789. The molecule has 0 spiro atoms. The predicted molar refractivity (Wildman–Crippen MR) is 72.5 cm³/mol. The van der Waals surface area contributed by atoms with Crippen LogP contribution in [0.1, 0.15) is 15.9 Å². The Labute approximate surface area is 108 Å². The summed E-state index contributed by atoms with van der Waals surface area (Å²) in [6.45, 7) is 1.93. The maximum atomic E-state index is 11.2. The van der Waals surface area contributed by atoms with Gasteiger partial charge in [-0.1, -0.05) is 29.8 Å². The standard InChI is InChI=1S/C14H10ClNO2/c1-7-5-6-10-11(12(7)15)8-3-2-4-9(14(17)18)13(8)16-10/h2-6,16H,1H3,(H,17,18). The SMILES string of the molecule is Cc1ccc2[nH]c3c(C(=O)O)cccc3c2c1Cl. The summed E-state index contributed by atoms with van der Waals surface area (Å²) in [7, 11) is 0. The quantitative estimate of drug-likeness (QED) is 0.694. The number of nitrogens with one attached hydrogen (secondary N) is 1. The summed E-state index contributed by atoms with van der Waals surface area (Å²) in [5.74, 6) is -0.944. The molecule has 0 amide bonds. The van der Waals surface area contributed by atoms with Gasteiger partial charge in [0.05, 0.1) is 16.1 Å². The van der Waals surface area contributed by atoms with Crippen molar-refractivity contribution >= 4 is 39.4 Å². The number of aromatic carboxylic acids is 1. The number of carboxylic acids is 1. The number of fused-ring (bicyclic) bond motifs is 3. The van der Waals surface area contributed by atoms with E-state index in [1.54, 1.807) is 12.1 Å². The van der Waals surface area contributed by atoms with E-state index in [1.807, 2.05) is 25.1 Å². The minimum absolute atomic E-state index is 0.261. The average molecular weight is 260 g/mol. The van der Waals surface area contributed by atoms with E-state index in [0.29, 0.717) is 10.5 Å². The molecule has 0 aliphatic carbocycles. The van der Waals surface area contributed by atoms with Gasteiger partial charge in [0.2, 0.25) is 0 Å². The lowest BCUT2D eigenvalue weighted by Crippen LogP contribution is -1.96. The van der Waals surface area contributed by atoms with Crippen LogP contribution in [-0.4, -0.2) is 16.1 Å². The van der Waals surface area contributed by atoms with Gasteiger partial charge in [-0.05, 0) is 24.6 Å². The van der Waals surface area contributed by atoms with E-state index < -0.39 is 5.97 Å². The first-order valence-electron chi connectivity index (χ1n) is 5.52. The Balaban J connectivity index is 2.56. The lowest BCUT2D eigenvalue weighted by Gasteiger charge is -1.99. The highest BCUT2D eigenvalue weighted by Gasteiger charge is 2.14. The molecule has 0 saturated heterocycles. The number of hydrogen-bond acceptors (Lipinski definition) is 1. The van der Waals surface area contributed by atoms with Crippen LogP contribution in [0.15, 0.2) is 30.3 Å². The minimum atomic E-state index is -0.944. The van der Waals surface area contributed by atoms with Crippen LogP contribution in [0.3, 0.4) is 0 Å². The van der Waals surface area contributed by atoms with E-state index in [0.717, 1.165) is 21.9 Å². The second-order valence-electron chi connectivity index (χ2n) is 4.28. The van der Waals surface area contributed by atoms with Crippen molar-refractivity contribution < 1.29 is 9.90 Å². The molecule has 0 bridgehead atoms. The molecule has 3 rings (SSSR count). The number of aromatic nitrogens is 1. The summed E-state index contributed by atoms with van der Waals surface area (Å²) in [6, 6.07) is 9.03. The fourth-order valence-electron chi connectivity index (χ4n) is 2.26. The van der Waals surface area contributed by atoms with Gasteiger partial charge in [0.1, 0.15) is 0 Å². The van der Waals surface area contributed by atoms with Crippen molar-refractivity contribution in [3.63, 3.8) is 0 Å². The molecule has 0 saturated carbocycles. The number of carboxylic acid groups (broad SMARTS) is 1. The summed E-state index contributed by atoms with van der Waals surface area (Å²) in [6.07, 6.45) is 0. The number of benzene rings is 2. The lowest BCUT2D eigenvalue weighted by molar-refractivity contribution is 0.0699. The van der Waals surface area contributed by atoms with Gasteiger partial charge in [0.15, 0.2) is 0 Å². The molecule has 2 N–H and O–H groups in total. The molecular formula is C14H10ClNO2. The summed E-state index contributed by atoms with van der Waals surface area (Å²) < 4.78 is 0. The van der Waals surface area contributed by atoms with E-state index in [2.05, 4.69) is 4.98 Å². The third-order valence-electron chi connectivity index (χ3n) is 3.16. The highest BCUT2D eigenvalue weighted by atomic mass is 35.5. The van der Waals surface area contributed by atoms with Crippen molar-refractivity contribution in [3.05, 3.63) is 46.5 Å². The van der Waals surface area contributed by atoms with E-state index in [-0.39, 0.29) is 5.56 Å². The molecular weight excluding hydrogens is 250 g/mol. The van der Waals surface area contributed by atoms with Crippen LogP contribution in [0, 0.1) is 6.92 Å². The van der Waals surface area contributed by atoms with E-state index in [4.69, 9.17) is 11.6 Å². The minimum Gasteiger partial charge on any atom is -0.478 e. The van der Waals surface area contributed by atoms with Crippen molar-refractivity contribution in [3.8, 4) is 0 Å². The maximum absolute atomic E-state index is 11.2. The monoisotopic (exact) mass is 259 g/mol. The number of rotatable bonds is 1. The lowest BCUT2D eigenvalue weighted by atomic mass is 10.1. The molecule has 1 heterocycles. The number of carbonyl (C=O) groups is 1. The number of aromatic amines is 1. The van der Waals surface area contributed by atoms with Crippen molar-refractivity contribution in [1.82, 2.24) is 4.98 Å². The van der Waals surface area contributed by atoms with Crippen molar-refractivity contribution in [1.29, 1.82) is 0 Å². The fourth-order valence-corrected chi connectivity index (χ4v) is 2.52. The number of halogens is 1. The normalized spacial score (nSPS) is 11.2. The van der Waals surface area contributed by atoms with E-state index in [9.17, 15) is 9.90 Å². The third-order valence-corrected chi connectivity index (χ3v) is 3.65. The predicted octanol–water partition coefficient (Wildman–Crippen LogP) is 3.98. The Morgan fingerprint density at radius 1 is 1.28 bits per heavy atom. The van der Waals surface area contributed by atoms with Crippen LogP contribution in [0.25, 0.3) is 21.8 Å². The molecule has 0 unspecified atom stereocenters. The van der Waals surface area contributed by atoms with E-state index >= 15 is 0 Å². The zero-order valence-electron chi connectivity index (χ0n) is 9.62. The molecule has 0 atom stereocenters. The molecule has 3 aromatic rings. The topological polar surface area (TPSA) is 53.1 Å². The number of hydrogen-bond donors (Lipinski definition) is 2. The number of H-pyrrole nitrogens is 1. The second kappa shape index (κ2) is 3.75. The maximum Gasteiger partial charge on any atom is 0.337 e. The van der Waals surface area contributed by atoms with Gasteiger partial charge in [0, 0.05) is 16.3 Å². The fraction of sp³-hybridized carbons (Fsp3) is 0.0714. The average Bonchev–Trinajstić information content (AvgIpc) is 2.72. The van der Waals surface area contributed by atoms with Crippen LogP contribution in [0.4, 0.5) is 0 Å². The molecule has 3 nitrogen and oxygen atoms in total. The van der Waals surface area contributed by atoms with Crippen LogP contribution < -0.4 is 0 Å². The van der Waals surface area contributed by atoms with Gasteiger partial charge in [0.25, 0.3) is 0 Å². The van der Waals surface area contributed by atoms with E-state index in [1.165, 1.54) is 0 Å². The van der Waals surface area contributed by atoms with Crippen molar-refractivity contribution in [2.75, 3.05) is 0 Å². The van der Waals surface area contributed by atoms with Gasteiger partial charge in [-0.3, -0.25) is 0 Å². The van der Waals surface area contributed by atoms with Gasteiger partial charge in [-0.2, -0.15) is 0 Å². The zero-order valence-corrected chi connectivity index (χ0v) is 10.4. The molecule has 0 aliphatic heterocycles. The Kier molecular flexibility index (Phi) is 2.31. The Hall–Kier alpha value is -2.00. The zero-order chi connectivity index (χ0) is 12.9. The summed E-state index contributed by atoms with van der Waals surface area (Å²) >= 11 is 6.31. The first-order valence-corrected chi connectivity index (χ1v) is 5.90. The molecule has 0 fully saturated rings. The molecule has 0 aliphatic rings. The van der Waals surface area contributed by atoms with Gasteiger partial charge >= 0.3 is 5.97 Å². The molecule has 18 heavy (non-hydrogen) atoms. The third kappa shape index (κ3) is 1.41. The molecule has 1 aromatic heterocycles. The van der Waals surface area contributed by atoms with Crippen LogP contribution in [0.2, 0.25) is 5.02 Å². The van der Waals surface area contributed by atoms with Crippen LogP contribution >= 0.6 is 11.6 Å². The highest BCUT2D eigenvalue weighted by Crippen LogP contribution is 2.34. The number of para-hydroxylation sites is 1. The number of aryl methyl sites for hydroxylation is 1. The first kappa shape index (κ1) is 11.1. The Morgan fingerprint density at radius 2 is 2.06 bits per heavy atom. The molecule has 0 radical (unpaired) electrons. The molecule has 2 aromatic carbocycles. The molecule has 4 heteroatoms. The smallest absolute Gasteiger partial charge is 0.337 e. The summed E-state index contributed by atoms with van der Waals surface area (Å²) in [4.78, 5) is 14.3. The van der Waals surface area contributed by atoms with Crippen LogP contribution in [0.5, 0.6) is 0 Å². The van der Waals surface area contributed by atoms with Crippen LogP contribution in [-0.2, 0) is 0 Å². The van der Waals surface area contributed by atoms with Gasteiger partial charge in [-0.25, -0.2) is 4.79 Å². The molecule has 90 valence electrons. The first-order chi connectivity index (χ1) is 8.59. The van der Waals surface area contributed by atoms with Gasteiger partial charge in [-0.15, -0.1) is 0 Å². The Morgan fingerprint density at radius 3 is 2.78 bits per heavy atom. The van der Waals surface area contributed by atoms with Gasteiger partial charge < -0.3 is 10.1 Å². The summed E-state index contributed by atoms with van der Waals surface area (Å²) in [5.41, 5.74) is 2.71. The van der Waals surface area contributed by atoms with Crippen molar-refractivity contribution in [2.24, 2.45) is 0 Å². The largest absolute Gasteiger partial charge is 0.478 e.